The average Bonchev–Trinajstić information content (AvgIpc) is 3.23. The molecule has 3 aromatic rings. The number of hydrogen-bond acceptors (Lipinski definition) is 4. The monoisotopic (exact) mass is 356 g/mol. The van der Waals surface area contributed by atoms with Gasteiger partial charge < -0.3 is 4.90 Å². The van der Waals surface area contributed by atoms with Gasteiger partial charge in [-0.3, -0.25) is 4.79 Å². The molecule has 0 N–H and O–H groups in total. The van der Waals surface area contributed by atoms with Crippen molar-refractivity contribution in [2.24, 2.45) is 0 Å². The van der Waals surface area contributed by atoms with E-state index < -0.39 is 0 Å². The maximum absolute atomic E-state index is 12.9. The molecule has 1 atom stereocenters. The molecule has 0 saturated heterocycles. The van der Waals surface area contributed by atoms with E-state index in [9.17, 15) is 4.79 Å². The highest BCUT2D eigenvalue weighted by atomic mass is 32.1. The van der Waals surface area contributed by atoms with Gasteiger partial charge >= 0.3 is 0 Å². The van der Waals surface area contributed by atoms with E-state index in [1.54, 1.807) is 22.7 Å². The van der Waals surface area contributed by atoms with Gasteiger partial charge in [0, 0.05) is 11.9 Å². The van der Waals surface area contributed by atoms with Gasteiger partial charge in [-0.1, -0.05) is 12.1 Å². The molecular weight excluding hydrogens is 336 g/mol. The molecule has 1 unspecified atom stereocenters. The third kappa shape index (κ3) is 2.76. The van der Waals surface area contributed by atoms with Crippen LogP contribution in [0.4, 0.5) is 0 Å². The van der Waals surface area contributed by atoms with Crippen LogP contribution in [0.25, 0.3) is 10.2 Å². The molecule has 0 fully saturated rings. The first-order chi connectivity index (χ1) is 11.6. The van der Waals surface area contributed by atoms with Crippen molar-refractivity contribution in [3.63, 3.8) is 0 Å². The van der Waals surface area contributed by atoms with Crippen LogP contribution in [0.3, 0.4) is 0 Å². The maximum atomic E-state index is 12.9. The molecule has 0 saturated carbocycles. The van der Waals surface area contributed by atoms with Crippen molar-refractivity contribution < 1.29 is 4.79 Å². The van der Waals surface area contributed by atoms with Gasteiger partial charge in [0.2, 0.25) is 0 Å². The van der Waals surface area contributed by atoms with E-state index in [1.807, 2.05) is 30.1 Å². The summed E-state index contributed by atoms with van der Waals surface area (Å²) in [7, 11) is 1.89. The third-order valence-corrected chi connectivity index (χ3v) is 7.21. The summed E-state index contributed by atoms with van der Waals surface area (Å²) in [5.74, 6) is 0.112. The fraction of sp³-hybridized carbons (Fsp3) is 0.368. The number of fused-ring (bicyclic) bond motifs is 2. The summed E-state index contributed by atoms with van der Waals surface area (Å²) >= 11 is 3.35. The summed E-state index contributed by atoms with van der Waals surface area (Å²) in [6.07, 6.45) is 4.75. The predicted molar refractivity (Wildman–Crippen MR) is 101 cm³/mol. The van der Waals surface area contributed by atoms with Crippen molar-refractivity contribution in [1.82, 2.24) is 9.88 Å². The van der Waals surface area contributed by atoms with Gasteiger partial charge in [0.1, 0.15) is 5.01 Å². The Balaban J connectivity index is 1.58. The molecule has 0 spiro atoms. The number of amides is 1. The number of hydrogen-bond donors (Lipinski definition) is 0. The van der Waals surface area contributed by atoms with E-state index in [0.29, 0.717) is 0 Å². The van der Waals surface area contributed by atoms with Gasteiger partial charge in [-0.2, -0.15) is 0 Å². The van der Waals surface area contributed by atoms with Crippen LogP contribution in [0.5, 0.6) is 0 Å². The second kappa shape index (κ2) is 6.30. The summed E-state index contributed by atoms with van der Waals surface area (Å²) in [5.41, 5.74) is 2.40. The van der Waals surface area contributed by atoms with E-state index in [1.165, 1.54) is 28.0 Å². The molecule has 24 heavy (non-hydrogen) atoms. The van der Waals surface area contributed by atoms with E-state index in [-0.39, 0.29) is 11.9 Å². The molecule has 0 bridgehead atoms. The van der Waals surface area contributed by atoms with Crippen LogP contribution in [0, 0.1) is 0 Å². The van der Waals surface area contributed by atoms with Crippen molar-refractivity contribution in [2.45, 2.75) is 38.6 Å². The van der Waals surface area contributed by atoms with Crippen molar-refractivity contribution in [2.75, 3.05) is 7.05 Å². The highest BCUT2D eigenvalue weighted by Gasteiger charge is 2.24. The highest BCUT2D eigenvalue weighted by Crippen LogP contribution is 2.33. The minimum atomic E-state index is -0.0194. The van der Waals surface area contributed by atoms with Crippen LogP contribution in [-0.4, -0.2) is 22.8 Å². The van der Waals surface area contributed by atoms with Crippen molar-refractivity contribution >= 4 is 38.8 Å². The molecule has 0 radical (unpaired) electrons. The molecule has 1 amide bonds. The molecule has 0 aliphatic heterocycles. The number of aryl methyl sites for hydroxylation is 2. The van der Waals surface area contributed by atoms with E-state index in [4.69, 9.17) is 4.98 Å². The fourth-order valence-electron chi connectivity index (χ4n) is 3.18. The normalized spacial score (nSPS) is 15.2. The highest BCUT2D eigenvalue weighted by molar-refractivity contribution is 7.18. The van der Waals surface area contributed by atoms with Crippen LogP contribution in [-0.2, 0) is 12.8 Å². The number of thiazole rings is 1. The fourth-order valence-corrected chi connectivity index (χ4v) is 5.48. The molecule has 4 rings (SSSR count). The lowest BCUT2D eigenvalue weighted by atomic mass is 9.99. The minimum Gasteiger partial charge on any atom is -0.332 e. The number of para-hydroxylation sites is 1. The summed E-state index contributed by atoms with van der Waals surface area (Å²) in [5, 5.41) is 0.994. The molecule has 3 nitrogen and oxygen atoms in total. The Hall–Kier alpha value is -1.72. The SMILES string of the molecule is CC(c1nc2ccccc2s1)N(C)C(=O)c1cc2c(s1)CCCC2. The van der Waals surface area contributed by atoms with Crippen molar-refractivity contribution in [1.29, 1.82) is 0 Å². The van der Waals surface area contributed by atoms with Gasteiger partial charge in [-0.25, -0.2) is 4.98 Å². The smallest absolute Gasteiger partial charge is 0.264 e. The lowest BCUT2D eigenvalue weighted by Gasteiger charge is -2.22. The number of carbonyl (C=O) groups excluding carboxylic acids is 1. The molecule has 1 aliphatic carbocycles. The summed E-state index contributed by atoms with van der Waals surface area (Å²) in [4.78, 5) is 21.7. The summed E-state index contributed by atoms with van der Waals surface area (Å²) in [6.45, 7) is 2.06. The zero-order chi connectivity index (χ0) is 16.7. The lowest BCUT2D eigenvalue weighted by molar-refractivity contribution is 0.0747. The summed E-state index contributed by atoms with van der Waals surface area (Å²) in [6, 6.07) is 10.2. The molecular formula is C19H20N2OS2. The largest absolute Gasteiger partial charge is 0.332 e. The van der Waals surface area contributed by atoms with Crippen LogP contribution >= 0.6 is 22.7 Å². The number of carbonyl (C=O) groups is 1. The van der Waals surface area contributed by atoms with E-state index >= 15 is 0 Å². The van der Waals surface area contributed by atoms with Gasteiger partial charge in [-0.15, -0.1) is 22.7 Å². The molecule has 124 valence electrons. The Morgan fingerprint density at radius 1 is 1.21 bits per heavy atom. The van der Waals surface area contributed by atoms with Crippen LogP contribution in [0.15, 0.2) is 30.3 Å². The second-order valence-electron chi connectivity index (χ2n) is 6.38. The van der Waals surface area contributed by atoms with Crippen LogP contribution in [0.2, 0.25) is 0 Å². The van der Waals surface area contributed by atoms with Gasteiger partial charge in [0.05, 0.1) is 21.1 Å². The Bertz CT molecular complexity index is 839. The summed E-state index contributed by atoms with van der Waals surface area (Å²) < 4.78 is 1.17. The first-order valence-corrected chi connectivity index (χ1v) is 10.0. The average molecular weight is 357 g/mol. The number of aromatic nitrogens is 1. The number of nitrogens with zero attached hydrogens (tertiary/aromatic N) is 2. The van der Waals surface area contributed by atoms with Crippen molar-refractivity contribution in [3.05, 3.63) is 50.7 Å². The molecule has 1 aromatic carbocycles. The predicted octanol–water partition coefficient (Wildman–Crippen LogP) is 5.07. The first kappa shape index (κ1) is 15.8. The molecule has 2 aromatic heterocycles. The number of thiophene rings is 1. The van der Waals surface area contributed by atoms with Crippen LogP contribution in [0.1, 0.15) is 50.9 Å². The molecule has 1 aliphatic rings. The Morgan fingerprint density at radius 2 is 2.00 bits per heavy atom. The maximum Gasteiger partial charge on any atom is 0.264 e. The van der Waals surface area contributed by atoms with E-state index in [2.05, 4.69) is 19.1 Å². The van der Waals surface area contributed by atoms with Crippen molar-refractivity contribution in [3.8, 4) is 0 Å². The first-order valence-electron chi connectivity index (χ1n) is 8.37. The Labute approximate surface area is 150 Å². The molecule has 5 heteroatoms. The lowest BCUT2D eigenvalue weighted by Crippen LogP contribution is -2.29. The Morgan fingerprint density at radius 3 is 2.79 bits per heavy atom. The van der Waals surface area contributed by atoms with Gasteiger partial charge in [0.25, 0.3) is 5.91 Å². The zero-order valence-electron chi connectivity index (χ0n) is 13.9. The second-order valence-corrected chi connectivity index (χ2v) is 8.58. The quantitative estimate of drug-likeness (QED) is 0.656. The van der Waals surface area contributed by atoms with E-state index in [0.717, 1.165) is 28.2 Å². The standard InChI is InChI=1S/C19H20N2OS2/c1-12(18-20-14-8-4-6-10-16(14)24-18)21(2)19(22)17-11-13-7-3-5-9-15(13)23-17/h4,6,8,10-12H,3,5,7,9H2,1-2H3. The van der Waals surface area contributed by atoms with Crippen LogP contribution < -0.4 is 0 Å². The van der Waals surface area contributed by atoms with Gasteiger partial charge in [0.15, 0.2) is 0 Å². The Kier molecular flexibility index (Phi) is 4.14. The topological polar surface area (TPSA) is 33.2 Å². The third-order valence-electron chi connectivity index (χ3n) is 4.78. The van der Waals surface area contributed by atoms with Gasteiger partial charge in [-0.05, 0) is 56.4 Å². The number of benzene rings is 1. The molecule has 2 heterocycles. The zero-order valence-corrected chi connectivity index (χ0v) is 15.5. The number of rotatable bonds is 3. The minimum absolute atomic E-state index is 0.0194.